The second kappa shape index (κ2) is 9.17. The highest BCUT2D eigenvalue weighted by Gasteiger charge is 2.34. The van der Waals surface area contributed by atoms with Gasteiger partial charge < -0.3 is 15.0 Å². The molecule has 1 aromatic carbocycles. The molecule has 2 aliphatic rings. The van der Waals surface area contributed by atoms with Crippen LogP contribution in [0.3, 0.4) is 0 Å². The largest absolute Gasteiger partial charge is 0.381 e. The molecular formula is C21H27N5O3. The van der Waals surface area contributed by atoms with Gasteiger partial charge in [0.25, 0.3) is 5.91 Å². The van der Waals surface area contributed by atoms with Gasteiger partial charge in [-0.15, -0.1) is 0 Å². The normalized spacial score (nSPS) is 20.0. The second-order valence-corrected chi connectivity index (χ2v) is 7.75. The Labute approximate surface area is 170 Å². The first-order valence-electron chi connectivity index (χ1n) is 10.3. The van der Waals surface area contributed by atoms with Crippen LogP contribution in [-0.4, -0.2) is 63.8 Å². The fraction of sp³-hybridized carbons (Fsp3) is 0.524. The molecule has 0 spiro atoms. The molecule has 8 nitrogen and oxygen atoms in total. The van der Waals surface area contributed by atoms with Crippen molar-refractivity contribution in [2.45, 2.75) is 38.3 Å². The minimum atomic E-state index is -0.388. The van der Waals surface area contributed by atoms with Gasteiger partial charge >= 0.3 is 0 Å². The number of aromatic nitrogens is 3. The van der Waals surface area contributed by atoms with Crippen molar-refractivity contribution in [3.8, 4) is 0 Å². The van der Waals surface area contributed by atoms with Crippen LogP contribution in [0.1, 0.15) is 41.6 Å². The third-order valence-electron chi connectivity index (χ3n) is 5.71. The van der Waals surface area contributed by atoms with E-state index in [-0.39, 0.29) is 17.9 Å². The van der Waals surface area contributed by atoms with Crippen LogP contribution in [0.2, 0.25) is 0 Å². The van der Waals surface area contributed by atoms with E-state index in [2.05, 4.69) is 15.4 Å². The SMILES string of the molecule is O=C(NCC1CCOCC1)C1CCCN1C(=O)c1cccc(Cn2cncn2)c1. The minimum Gasteiger partial charge on any atom is -0.381 e. The maximum Gasteiger partial charge on any atom is 0.254 e. The Morgan fingerprint density at radius 1 is 1.21 bits per heavy atom. The van der Waals surface area contributed by atoms with E-state index >= 15 is 0 Å². The molecule has 1 unspecified atom stereocenters. The van der Waals surface area contributed by atoms with Gasteiger partial charge in [-0.1, -0.05) is 12.1 Å². The Morgan fingerprint density at radius 2 is 2.07 bits per heavy atom. The van der Waals surface area contributed by atoms with Gasteiger partial charge in [-0.05, 0) is 49.3 Å². The van der Waals surface area contributed by atoms with E-state index in [4.69, 9.17) is 4.74 Å². The quantitative estimate of drug-likeness (QED) is 0.797. The summed E-state index contributed by atoms with van der Waals surface area (Å²) in [6, 6.07) is 7.12. The first-order valence-corrected chi connectivity index (χ1v) is 10.3. The lowest BCUT2D eigenvalue weighted by molar-refractivity contribution is -0.125. The summed E-state index contributed by atoms with van der Waals surface area (Å²) in [6.07, 6.45) is 6.65. The molecule has 2 aliphatic heterocycles. The van der Waals surface area contributed by atoms with E-state index in [0.29, 0.717) is 37.5 Å². The van der Waals surface area contributed by atoms with Crippen molar-refractivity contribution >= 4 is 11.8 Å². The van der Waals surface area contributed by atoms with Crippen molar-refractivity contribution in [3.05, 3.63) is 48.0 Å². The number of likely N-dealkylation sites (tertiary alicyclic amines) is 1. The van der Waals surface area contributed by atoms with Crippen LogP contribution in [-0.2, 0) is 16.1 Å². The Kier molecular flexibility index (Phi) is 6.19. The van der Waals surface area contributed by atoms with Crippen LogP contribution in [0.25, 0.3) is 0 Å². The van der Waals surface area contributed by atoms with Gasteiger partial charge in [-0.2, -0.15) is 5.10 Å². The van der Waals surface area contributed by atoms with Crippen LogP contribution in [0, 0.1) is 5.92 Å². The molecule has 1 atom stereocenters. The predicted octanol–water partition coefficient (Wildman–Crippen LogP) is 1.47. The van der Waals surface area contributed by atoms with Crippen LogP contribution in [0.15, 0.2) is 36.9 Å². The number of carbonyl (C=O) groups is 2. The minimum absolute atomic E-state index is 0.0406. The highest BCUT2D eigenvalue weighted by molar-refractivity contribution is 5.98. The summed E-state index contributed by atoms with van der Waals surface area (Å²) >= 11 is 0. The maximum absolute atomic E-state index is 13.1. The summed E-state index contributed by atoms with van der Waals surface area (Å²) in [5, 5.41) is 7.17. The van der Waals surface area contributed by atoms with E-state index < -0.39 is 0 Å². The highest BCUT2D eigenvalue weighted by Crippen LogP contribution is 2.21. The molecule has 0 bridgehead atoms. The summed E-state index contributed by atoms with van der Waals surface area (Å²) in [7, 11) is 0. The number of amides is 2. The van der Waals surface area contributed by atoms with Gasteiger partial charge in [0.1, 0.15) is 18.7 Å². The smallest absolute Gasteiger partial charge is 0.254 e. The highest BCUT2D eigenvalue weighted by atomic mass is 16.5. The number of nitrogens with zero attached hydrogens (tertiary/aromatic N) is 4. The van der Waals surface area contributed by atoms with Crippen molar-refractivity contribution in [1.29, 1.82) is 0 Å². The lowest BCUT2D eigenvalue weighted by atomic mass is 10.0. The molecule has 2 saturated heterocycles. The summed E-state index contributed by atoms with van der Waals surface area (Å²) in [5.74, 6) is 0.335. The zero-order valence-electron chi connectivity index (χ0n) is 16.5. The first kappa shape index (κ1) is 19.6. The van der Waals surface area contributed by atoms with E-state index in [1.807, 2.05) is 24.3 Å². The third kappa shape index (κ3) is 4.82. The first-order chi connectivity index (χ1) is 14.2. The number of hydrogen-bond donors (Lipinski definition) is 1. The standard InChI is InChI=1S/C21H27N5O3/c27-20(23-12-16-6-9-29-10-7-16)19-5-2-8-26(19)21(28)18-4-1-3-17(11-18)13-25-15-22-14-24-25/h1,3-4,11,14-16,19H,2,5-10,12-13H2,(H,23,27). The maximum atomic E-state index is 13.1. The average Bonchev–Trinajstić information content (AvgIpc) is 3.44. The second-order valence-electron chi connectivity index (χ2n) is 7.75. The van der Waals surface area contributed by atoms with Crippen molar-refractivity contribution in [2.75, 3.05) is 26.3 Å². The van der Waals surface area contributed by atoms with E-state index in [1.165, 1.54) is 6.33 Å². The van der Waals surface area contributed by atoms with E-state index in [1.54, 1.807) is 15.9 Å². The Morgan fingerprint density at radius 3 is 2.86 bits per heavy atom. The van der Waals surface area contributed by atoms with Crippen molar-refractivity contribution < 1.29 is 14.3 Å². The number of ether oxygens (including phenoxy) is 1. The molecule has 0 aliphatic carbocycles. The molecule has 2 aromatic rings. The molecule has 1 N–H and O–H groups in total. The molecule has 8 heteroatoms. The number of nitrogens with one attached hydrogen (secondary N) is 1. The molecule has 0 saturated carbocycles. The number of hydrogen-bond acceptors (Lipinski definition) is 5. The summed E-state index contributed by atoms with van der Waals surface area (Å²) in [6.45, 7) is 3.35. The topological polar surface area (TPSA) is 89.4 Å². The molecule has 0 radical (unpaired) electrons. The zero-order chi connectivity index (χ0) is 20.1. The fourth-order valence-corrected chi connectivity index (χ4v) is 4.07. The molecular weight excluding hydrogens is 370 g/mol. The molecule has 4 rings (SSSR count). The van der Waals surface area contributed by atoms with Crippen LogP contribution in [0.4, 0.5) is 0 Å². The fourth-order valence-electron chi connectivity index (χ4n) is 4.07. The van der Waals surface area contributed by atoms with Crippen LogP contribution < -0.4 is 5.32 Å². The molecule has 1 aromatic heterocycles. The molecule has 3 heterocycles. The van der Waals surface area contributed by atoms with Crippen molar-refractivity contribution in [1.82, 2.24) is 25.0 Å². The van der Waals surface area contributed by atoms with Crippen LogP contribution >= 0.6 is 0 Å². The lowest BCUT2D eigenvalue weighted by Gasteiger charge is -2.26. The van der Waals surface area contributed by atoms with Gasteiger partial charge in [-0.3, -0.25) is 9.59 Å². The van der Waals surface area contributed by atoms with Crippen LogP contribution in [0.5, 0.6) is 0 Å². The number of benzene rings is 1. The van der Waals surface area contributed by atoms with Crippen molar-refractivity contribution in [2.24, 2.45) is 5.92 Å². The summed E-state index contributed by atoms with van der Waals surface area (Å²) in [4.78, 5) is 31.5. The summed E-state index contributed by atoms with van der Waals surface area (Å²) < 4.78 is 7.09. The van der Waals surface area contributed by atoms with E-state index in [9.17, 15) is 9.59 Å². The van der Waals surface area contributed by atoms with Gasteiger partial charge in [0.15, 0.2) is 0 Å². The number of carbonyl (C=O) groups excluding carboxylic acids is 2. The monoisotopic (exact) mass is 397 g/mol. The molecule has 2 amide bonds. The Bertz CT molecular complexity index is 833. The predicted molar refractivity (Wildman–Crippen MR) is 106 cm³/mol. The van der Waals surface area contributed by atoms with Gasteiger partial charge in [0.05, 0.1) is 6.54 Å². The lowest BCUT2D eigenvalue weighted by Crippen LogP contribution is -2.47. The third-order valence-corrected chi connectivity index (χ3v) is 5.71. The molecule has 2 fully saturated rings. The average molecular weight is 397 g/mol. The Hall–Kier alpha value is -2.74. The van der Waals surface area contributed by atoms with E-state index in [0.717, 1.165) is 38.0 Å². The number of rotatable bonds is 6. The van der Waals surface area contributed by atoms with Gasteiger partial charge in [0, 0.05) is 31.9 Å². The molecule has 29 heavy (non-hydrogen) atoms. The van der Waals surface area contributed by atoms with Crippen molar-refractivity contribution in [3.63, 3.8) is 0 Å². The summed E-state index contributed by atoms with van der Waals surface area (Å²) in [5.41, 5.74) is 1.58. The molecule has 154 valence electrons. The zero-order valence-corrected chi connectivity index (χ0v) is 16.5. The van der Waals surface area contributed by atoms with Gasteiger partial charge in [0.2, 0.25) is 5.91 Å². The Balaban J connectivity index is 1.38. The van der Waals surface area contributed by atoms with Gasteiger partial charge in [-0.25, -0.2) is 9.67 Å².